The monoisotopic (exact) mass is 370 g/mol. The standard InChI is InChI=1S/C24H34O3/c1-4-26-17-7-11-22(2)16(15-17)5-6-18-19(22)8-12-23(3)20(18)9-13-24(23)14-10-21(25)27-24/h5,15,18-20H,4,6-14H2,1-3H3/t18-,19-,20+,22-,23-,24+/m0/s1. The zero-order valence-corrected chi connectivity index (χ0v) is 17.2. The molecule has 0 aromatic carbocycles. The SMILES string of the molecule is CCOC1=CC2=CC[C@@H]3[C@H]4CC[C@@]5(CCC(=O)O5)[C@@]4(C)CC[C@@H]3[C@@]2(C)CC1. The molecule has 4 aliphatic carbocycles. The highest BCUT2D eigenvalue weighted by Gasteiger charge is 2.66. The highest BCUT2D eigenvalue weighted by molar-refractivity contribution is 5.72. The molecule has 6 atom stereocenters. The molecular weight excluding hydrogens is 336 g/mol. The van der Waals surface area contributed by atoms with E-state index in [9.17, 15) is 4.79 Å². The van der Waals surface area contributed by atoms with Crippen LogP contribution in [0.4, 0.5) is 0 Å². The number of carbonyl (C=O) groups is 1. The van der Waals surface area contributed by atoms with Crippen molar-refractivity contribution in [3.8, 4) is 0 Å². The van der Waals surface area contributed by atoms with E-state index in [2.05, 4.69) is 32.9 Å². The molecule has 27 heavy (non-hydrogen) atoms. The van der Waals surface area contributed by atoms with Crippen LogP contribution in [-0.4, -0.2) is 18.2 Å². The Hall–Kier alpha value is -1.25. The van der Waals surface area contributed by atoms with Gasteiger partial charge in [-0.3, -0.25) is 4.79 Å². The van der Waals surface area contributed by atoms with Crippen LogP contribution >= 0.6 is 0 Å². The van der Waals surface area contributed by atoms with Gasteiger partial charge in [0, 0.05) is 18.3 Å². The molecule has 0 bridgehead atoms. The van der Waals surface area contributed by atoms with Gasteiger partial charge in [-0.15, -0.1) is 0 Å². The predicted molar refractivity (Wildman–Crippen MR) is 105 cm³/mol. The van der Waals surface area contributed by atoms with Crippen LogP contribution in [0.25, 0.3) is 0 Å². The molecular formula is C24H34O3. The van der Waals surface area contributed by atoms with E-state index < -0.39 is 0 Å². The fraction of sp³-hybridized carbons (Fsp3) is 0.792. The number of allylic oxidation sites excluding steroid dienone is 4. The Labute approximate surface area is 163 Å². The minimum absolute atomic E-state index is 0.0395. The molecule has 1 heterocycles. The van der Waals surface area contributed by atoms with Crippen molar-refractivity contribution < 1.29 is 14.3 Å². The van der Waals surface area contributed by atoms with Gasteiger partial charge in [-0.25, -0.2) is 0 Å². The molecule has 0 amide bonds. The first-order valence-electron chi connectivity index (χ1n) is 11.2. The van der Waals surface area contributed by atoms with Gasteiger partial charge in [0.1, 0.15) is 5.60 Å². The van der Waals surface area contributed by atoms with Gasteiger partial charge in [-0.05, 0) is 86.7 Å². The van der Waals surface area contributed by atoms with Crippen LogP contribution in [-0.2, 0) is 14.3 Å². The Bertz CT molecular complexity index is 721. The quantitative estimate of drug-likeness (QED) is 0.597. The van der Waals surface area contributed by atoms with Crippen LogP contribution in [0.1, 0.15) is 78.6 Å². The van der Waals surface area contributed by atoms with Crippen molar-refractivity contribution in [1.29, 1.82) is 0 Å². The normalized spacial score (nSPS) is 48.3. The summed E-state index contributed by atoms with van der Waals surface area (Å²) in [6, 6.07) is 0. The van der Waals surface area contributed by atoms with Crippen molar-refractivity contribution in [2.24, 2.45) is 28.6 Å². The van der Waals surface area contributed by atoms with Crippen LogP contribution in [0.2, 0.25) is 0 Å². The highest BCUT2D eigenvalue weighted by Crippen LogP contribution is 2.69. The summed E-state index contributed by atoms with van der Waals surface area (Å²) in [6.45, 7) is 7.81. The lowest BCUT2D eigenvalue weighted by molar-refractivity contribution is -0.167. The molecule has 148 valence electrons. The number of ether oxygens (including phenoxy) is 2. The first-order chi connectivity index (χ1) is 12.9. The van der Waals surface area contributed by atoms with Crippen LogP contribution in [0.15, 0.2) is 23.5 Å². The molecule has 1 spiro atoms. The maximum Gasteiger partial charge on any atom is 0.306 e. The molecule has 1 saturated heterocycles. The lowest BCUT2D eigenvalue weighted by Crippen LogP contribution is -2.54. The summed E-state index contributed by atoms with van der Waals surface area (Å²) < 4.78 is 11.9. The fourth-order valence-corrected chi connectivity index (χ4v) is 7.89. The van der Waals surface area contributed by atoms with Crippen molar-refractivity contribution >= 4 is 5.97 Å². The number of hydrogen-bond donors (Lipinski definition) is 0. The summed E-state index contributed by atoms with van der Waals surface area (Å²) in [6.07, 6.45) is 14.8. The lowest BCUT2D eigenvalue weighted by atomic mass is 9.47. The Kier molecular flexibility index (Phi) is 3.88. The third kappa shape index (κ3) is 2.29. The Morgan fingerprint density at radius 3 is 2.67 bits per heavy atom. The number of carbonyl (C=O) groups excluding carboxylic acids is 1. The Morgan fingerprint density at radius 1 is 1.11 bits per heavy atom. The first kappa shape index (κ1) is 17.8. The number of rotatable bonds is 2. The van der Waals surface area contributed by atoms with E-state index in [1.807, 2.05) is 0 Å². The van der Waals surface area contributed by atoms with E-state index in [4.69, 9.17) is 9.47 Å². The maximum atomic E-state index is 12.0. The molecule has 3 fully saturated rings. The van der Waals surface area contributed by atoms with Crippen LogP contribution in [0.3, 0.4) is 0 Å². The average Bonchev–Trinajstić information content (AvgIpc) is 3.16. The van der Waals surface area contributed by atoms with Crippen molar-refractivity contribution in [1.82, 2.24) is 0 Å². The van der Waals surface area contributed by atoms with Crippen molar-refractivity contribution in [2.45, 2.75) is 84.2 Å². The van der Waals surface area contributed by atoms with Crippen LogP contribution < -0.4 is 0 Å². The molecule has 0 radical (unpaired) electrons. The summed E-state index contributed by atoms with van der Waals surface area (Å²) in [4.78, 5) is 12.0. The largest absolute Gasteiger partial charge is 0.498 e. The van der Waals surface area contributed by atoms with Crippen LogP contribution in [0.5, 0.6) is 0 Å². The third-order valence-electron chi connectivity index (χ3n) is 9.39. The van der Waals surface area contributed by atoms with Gasteiger partial charge >= 0.3 is 5.97 Å². The Balaban J connectivity index is 1.46. The van der Waals surface area contributed by atoms with Gasteiger partial charge in [-0.1, -0.05) is 19.9 Å². The smallest absolute Gasteiger partial charge is 0.306 e. The van der Waals surface area contributed by atoms with Gasteiger partial charge in [0.15, 0.2) is 0 Å². The summed E-state index contributed by atoms with van der Waals surface area (Å²) in [5.41, 5.74) is 1.86. The molecule has 3 heteroatoms. The van der Waals surface area contributed by atoms with Crippen molar-refractivity contribution in [3.05, 3.63) is 23.5 Å². The van der Waals surface area contributed by atoms with E-state index in [0.717, 1.165) is 37.7 Å². The third-order valence-corrected chi connectivity index (χ3v) is 9.39. The van der Waals surface area contributed by atoms with Gasteiger partial charge in [0.25, 0.3) is 0 Å². The number of esters is 1. The van der Waals surface area contributed by atoms with Gasteiger partial charge < -0.3 is 9.47 Å². The van der Waals surface area contributed by atoms with E-state index >= 15 is 0 Å². The van der Waals surface area contributed by atoms with Gasteiger partial charge in [-0.2, -0.15) is 0 Å². The number of hydrogen-bond acceptors (Lipinski definition) is 3. The first-order valence-corrected chi connectivity index (χ1v) is 11.2. The minimum Gasteiger partial charge on any atom is -0.498 e. The lowest BCUT2D eigenvalue weighted by Gasteiger charge is -2.58. The van der Waals surface area contributed by atoms with Gasteiger partial charge in [0.2, 0.25) is 0 Å². The van der Waals surface area contributed by atoms with E-state index in [0.29, 0.717) is 17.8 Å². The molecule has 3 nitrogen and oxygen atoms in total. The van der Waals surface area contributed by atoms with E-state index in [-0.39, 0.29) is 17.0 Å². The molecule has 0 unspecified atom stereocenters. The average molecular weight is 371 g/mol. The van der Waals surface area contributed by atoms with Crippen molar-refractivity contribution in [2.75, 3.05) is 6.61 Å². The van der Waals surface area contributed by atoms with E-state index in [1.54, 1.807) is 0 Å². The zero-order valence-electron chi connectivity index (χ0n) is 17.2. The number of fused-ring (bicyclic) bond motifs is 6. The summed E-state index contributed by atoms with van der Waals surface area (Å²) in [5, 5.41) is 0. The Morgan fingerprint density at radius 2 is 1.93 bits per heavy atom. The molecule has 2 saturated carbocycles. The highest BCUT2D eigenvalue weighted by atomic mass is 16.6. The molecule has 0 aromatic rings. The maximum absolute atomic E-state index is 12.0. The molecule has 0 aromatic heterocycles. The minimum atomic E-state index is -0.154. The summed E-state index contributed by atoms with van der Waals surface area (Å²) in [5.74, 6) is 3.44. The van der Waals surface area contributed by atoms with Crippen LogP contribution in [0, 0.1) is 28.6 Å². The summed E-state index contributed by atoms with van der Waals surface area (Å²) >= 11 is 0. The molecule has 1 aliphatic heterocycles. The second kappa shape index (κ2) is 5.87. The molecule has 0 N–H and O–H groups in total. The molecule has 5 aliphatic rings. The second-order valence-corrected chi connectivity index (χ2v) is 10.2. The fourth-order valence-electron chi connectivity index (χ4n) is 7.89. The van der Waals surface area contributed by atoms with Crippen molar-refractivity contribution in [3.63, 3.8) is 0 Å². The van der Waals surface area contributed by atoms with Gasteiger partial charge in [0.05, 0.1) is 12.4 Å². The predicted octanol–water partition coefficient (Wildman–Crippen LogP) is 5.56. The topological polar surface area (TPSA) is 35.5 Å². The zero-order chi connectivity index (χ0) is 18.9. The summed E-state index contributed by atoms with van der Waals surface area (Å²) in [7, 11) is 0. The molecule has 5 rings (SSSR count). The van der Waals surface area contributed by atoms with E-state index in [1.165, 1.54) is 43.4 Å². The second-order valence-electron chi connectivity index (χ2n) is 10.2.